The average Bonchev–Trinajstić information content (AvgIpc) is 3.09. The van der Waals surface area contributed by atoms with Crippen LogP contribution in [0.2, 0.25) is 0 Å². The van der Waals surface area contributed by atoms with E-state index in [1.165, 1.54) is 0 Å². The monoisotopic (exact) mass is 286 g/mol. The third-order valence-electron chi connectivity index (χ3n) is 3.34. The molecule has 7 heteroatoms. The fourth-order valence-corrected chi connectivity index (χ4v) is 2.27. The molecule has 7 nitrogen and oxygen atoms in total. The number of carbonyl (C=O) groups is 1. The normalized spacial score (nSPS) is 21.4. The Labute approximate surface area is 122 Å². The number of hydrogen-bond donors (Lipinski definition) is 4. The number of aromatic nitrogens is 2. The van der Waals surface area contributed by atoms with Gasteiger partial charge in [0.15, 0.2) is 0 Å². The van der Waals surface area contributed by atoms with Crippen molar-refractivity contribution in [1.82, 2.24) is 20.6 Å². The number of nitrogens with two attached hydrogens (primary N) is 1. The number of anilines is 1. The molecule has 1 saturated heterocycles. The van der Waals surface area contributed by atoms with Crippen molar-refractivity contribution in [1.29, 1.82) is 0 Å². The second-order valence-electron chi connectivity index (χ2n) is 5.08. The highest BCUT2D eigenvalue weighted by Crippen LogP contribution is 2.10. The molecule has 1 amide bonds. The Morgan fingerprint density at radius 3 is 2.90 bits per heavy atom. The highest BCUT2D eigenvalue weighted by Gasteiger charge is 2.27. The number of amides is 1. The SMILES string of the molecule is NC1CC(C(=O)Nc2cnn(Cc3ccccc3)c2)NN1. The highest BCUT2D eigenvalue weighted by molar-refractivity contribution is 5.94. The molecule has 5 N–H and O–H groups in total. The van der Waals surface area contributed by atoms with Crippen LogP contribution in [0.4, 0.5) is 5.69 Å². The number of hydrogen-bond acceptors (Lipinski definition) is 5. The van der Waals surface area contributed by atoms with Gasteiger partial charge in [0.1, 0.15) is 6.04 Å². The summed E-state index contributed by atoms with van der Waals surface area (Å²) < 4.78 is 1.79. The molecule has 0 saturated carbocycles. The van der Waals surface area contributed by atoms with E-state index in [0.29, 0.717) is 18.7 Å². The minimum Gasteiger partial charge on any atom is -0.322 e. The average molecular weight is 286 g/mol. The van der Waals surface area contributed by atoms with Gasteiger partial charge in [-0.2, -0.15) is 5.10 Å². The van der Waals surface area contributed by atoms with Gasteiger partial charge in [-0.25, -0.2) is 10.9 Å². The number of benzene rings is 1. The van der Waals surface area contributed by atoms with Gasteiger partial charge in [0.25, 0.3) is 0 Å². The molecule has 1 aliphatic rings. The molecule has 110 valence electrons. The quantitative estimate of drug-likeness (QED) is 0.635. The third-order valence-corrected chi connectivity index (χ3v) is 3.34. The van der Waals surface area contributed by atoms with E-state index in [9.17, 15) is 4.79 Å². The standard InChI is InChI=1S/C14H18N6O/c15-13-6-12(18-19-13)14(21)17-11-7-16-20(9-11)8-10-4-2-1-3-5-10/h1-5,7,9,12-13,18-19H,6,8,15H2,(H,17,21). The highest BCUT2D eigenvalue weighted by atomic mass is 16.2. The van der Waals surface area contributed by atoms with Crippen LogP contribution in [-0.2, 0) is 11.3 Å². The smallest absolute Gasteiger partial charge is 0.243 e. The molecule has 2 aromatic rings. The van der Waals surface area contributed by atoms with E-state index >= 15 is 0 Å². The van der Waals surface area contributed by atoms with Crippen molar-refractivity contribution in [3.05, 3.63) is 48.3 Å². The van der Waals surface area contributed by atoms with Crippen LogP contribution < -0.4 is 21.9 Å². The molecular weight excluding hydrogens is 268 g/mol. The van der Waals surface area contributed by atoms with Crippen LogP contribution in [0.1, 0.15) is 12.0 Å². The Morgan fingerprint density at radius 1 is 1.38 bits per heavy atom. The maximum Gasteiger partial charge on any atom is 0.243 e. The van der Waals surface area contributed by atoms with Crippen molar-refractivity contribution in [3.63, 3.8) is 0 Å². The van der Waals surface area contributed by atoms with E-state index in [2.05, 4.69) is 21.3 Å². The molecule has 0 radical (unpaired) electrons. The lowest BCUT2D eigenvalue weighted by atomic mass is 10.2. The van der Waals surface area contributed by atoms with Crippen molar-refractivity contribution >= 4 is 11.6 Å². The second-order valence-corrected chi connectivity index (χ2v) is 5.08. The first-order chi connectivity index (χ1) is 10.2. The zero-order chi connectivity index (χ0) is 14.7. The number of hydrazine groups is 1. The van der Waals surface area contributed by atoms with Gasteiger partial charge < -0.3 is 11.1 Å². The van der Waals surface area contributed by atoms with Crippen molar-refractivity contribution in [2.24, 2.45) is 5.73 Å². The maximum absolute atomic E-state index is 12.0. The Bertz CT molecular complexity index is 611. The van der Waals surface area contributed by atoms with Gasteiger partial charge in [0.2, 0.25) is 5.91 Å². The van der Waals surface area contributed by atoms with E-state index in [4.69, 9.17) is 5.73 Å². The van der Waals surface area contributed by atoms with E-state index in [1.54, 1.807) is 10.9 Å². The van der Waals surface area contributed by atoms with Crippen LogP contribution in [0, 0.1) is 0 Å². The van der Waals surface area contributed by atoms with E-state index in [0.717, 1.165) is 5.56 Å². The fraction of sp³-hybridized carbons (Fsp3) is 0.286. The fourth-order valence-electron chi connectivity index (χ4n) is 2.27. The molecule has 0 bridgehead atoms. The van der Waals surface area contributed by atoms with Gasteiger partial charge in [-0.3, -0.25) is 9.48 Å². The lowest BCUT2D eigenvalue weighted by molar-refractivity contribution is -0.117. The Kier molecular flexibility index (Phi) is 3.96. The van der Waals surface area contributed by atoms with E-state index in [1.807, 2.05) is 36.5 Å². The maximum atomic E-state index is 12.0. The summed E-state index contributed by atoms with van der Waals surface area (Å²) in [6, 6.07) is 9.71. The van der Waals surface area contributed by atoms with Crippen molar-refractivity contribution in [3.8, 4) is 0 Å². The summed E-state index contributed by atoms with van der Waals surface area (Å²) in [6.45, 7) is 0.671. The molecule has 3 rings (SSSR count). The Morgan fingerprint density at radius 2 is 2.19 bits per heavy atom. The second kappa shape index (κ2) is 6.04. The van der Waals surface area contributed by atoms with Gasteiger partial charge in [-0.1, -0.05) is 30.3 Å². The Hall–Kier alpha value is -2.22. The summed E-state index contributed by atoms with van der Waals surface area (Å²) in [7, 11) is 0. The lowest BCUT2D eigenvalue weighted by Gasteiger charge is -2.08. The van der Waals surface area contributed by atoms with E-state index < -0.39 is 0 Å². The van der Waals surface area contributed by atoms with Gasteiger partial charge in [-0.15, -0.1) is 0 Å². The summed E-state index contributed by atoms with van der Waals surface area (Å²) in [6.07, 6.45) is 3.82. The van der Waals surface area contributed by atoms with Gasteiger partial charge in [-0.05, 0) is 5.56 Å². The van der Waals surface area contributed by atoms with Crippen LogP contribution in [0.3, 0.4) is 0 Å². The largest absolute Gasteiger partial charge is 0.322 e. The molecule has 2 heterocycles. The zero-order valence-electron chi connectivity index (χ0n) is 11.5. The number of carbonyl (C=O) groups excluding carboxylic acids is 1. The molecule has 2 atom stereocenters. The zero-order valence-corrected chi connectivity index (χ0v) is 11.5. The van der Waals surface area contributed by atoms with Crippen LogP contribution in [0.5, 0.6) is 0 Å². The van der Waals surface area contributed by atoms with Crippen LogP contribution in [0.25, 0.3) is 0 Å². The van der Waals surface area contributed by atoms with Crippen LogP contribution in [-0.4, -0.2) is 27.9 Å². The van der Waals surface area contributed by atoms with Gasteiger partial charge >= 0.3 is 0 Å². The molecule has 2 unspecified atom stereocenters. The number of rotatable bonds is 4. The number of nitrogens with zero attached hydrogens (tertiary/aromatic N) is 2. The van der Waals surface area contributed by atoms with Crippen molar-refractivity contribution < 1.29 is 4.79 Å². The van der Waals surface area contributed by atoms with Crippen molar-refractivity contribution in [2.45, 2.75) is 25.2 Å². The summed E-state index contributed by atoms with van der Waals surface area (Å²) in [5, 5.41) is 7.08. The minimum atomic E-state index is -0.322. The predicted octanol–water partition coefficient (Wildman–Crippen LogP) is 0.0212. The lowest BCUT2D eigenvalue weighted by Crippen LogP contribution is -2.41. The third kappa shape index (κ3) is 3.46. The van der Waals surface area contributed by atoms with Crippen LogP contribution in [0.15, 0.2) is 42.7 Å². The predicted molar refractivity (Wildman–Crippen MR) is 79.1 cm³/mol. The summed E-state index contributed by atoms with van der Waals surface area (Å²) in [5.74, 6) is -0.116. The molecular formula is C14H18N6O. The number of nitrogens with one attached hydrogen (secondary N) is 3. The molecule has 0 spiro atoms. The summed E-state index contributed by atoms with van der Waals surface area (Å²) in [4.78, 5) is 12.0. The summed E-state index contributed by atoms with van der Waals surface area (Å²) in [5.41, 5.74) is 13.2. The topological polar surface area (TPSA) is 97.0 Å². The van der Waals surface area contributed by atoms with Crippen molar-refractivity contribution in [2.75, 3.05) is 5.32 Å². The first-order valence-corrected chi connectivity index (χ1v) is 6.84. The minimum absolute atomic E-state index is 0.116. The molecule has 0 aliphatic carbocycles. The molecule has 21 heavy (non-hydrogen) atoms. The molecule has 1 fully saturated rings. The summed E-state index contributed by atoms with van der Waals surface area (Å²) >= 11 is 0. The molecule has 1 aromatic heterocycles. The van der Waals surface area contributed by atoms with Gasteiger partial charge in [0.05, 0.1) is 24.6 Å². The Balaban J connectivity index is 1.59. The van der Waals surface area contributed by atoms with E-state index in [-0.39, 0.29) is 18.1 Å². The first kappa shape index (κ1) is 13.7. The first-order valence-electron chi connectivity index (χ1n) is 6.84. The molecule has 1 aromatic carbocycles. The van der Waals surface area contributed by atoms with Gasteiger partial charge in [0, 0.05) is 12.6 Å². The van der Waals surface area contributed by atoms with Crippen LogP contribution >= 0.6 is 0 Å². The molecule has 1 aliphatic heterocycles.